The number of rotatable bonds is 2. The molecule has 2 fully saturated rings. The highest BCUT2D eigenvalue weighted by Crippen LogP contribution is 2.39. The zero-order valence-corrected chi connectivity index (χ0v) is 10.6. The Hall–Kier alpha value is -0.900. The van der Waals surface area contributed by atoms with Gasteiger partial charge in [-0.15, -0.1) is 0 Å². The number of nitrogens with zero attached hydrogens (tertiary/aromatic N) is 2. The molecular weight excluding hydrogens is 212 g/mol. The molecule has 0 amide bonds. The topological polar surface area (TPSA) is 53.6 Å². The Balaban J connectivity index is 1.77. The van der Waals surface area contributed by atoms with Gasteiger partial charge in [0.2, 0.25) is 0 Å². The summed E-state index contributed by atoms with van der Waals surface area (Å²) in [5.41, 5.74) is 0.238. The molecular formula is C13H22N4. The third kappa shape index (κ3) is 2.10. The van der Waals surface area contributed by atoms with E-state index in [1.54, 1.807) is 0 Å². The highest BCUT2D eigenvalue weighted by molar-refractivity contribution is 5.10. The normalized spacial score (nSPS) is 25.2. The van der Waals surface area contributed by atoms with Crippen LogP contribution in [0, 0.1) is 0 Å². The van der Waals surface area contributed by atoms with E-state index in [1.165, 1.54) is 38.5 Å². The van der Waals surface area contributed by atoms with E-state index in [2.05, 4.69) is 22.4 Å². The summed E-state index contributed by atoms with van der Waals surface area (Å²) in [4.78, 5) is 4.79. The van der Waals surface area contributed by atoms with Crippen molar-refractivity contribution in [3.05, 3.63) is 11.6 Å². The standard InChI is InChI=1S/C13H22N4/c1-13(6-2-3-7-13)12-15-11(16-17-12)10-4-8-14-9-5-10/h10,14H,2-9H2,1H3,(H,15,16,17). The number of hydrogen-bond acceptors (Lipinski definition) is 3. The summed E-state index contributed by atoms with van der Waals surface area (Å²) in [6.07, 6.45) is 7.52. The smallest absolute Gasteiger partial charge is 0.156 e. The Morgan fingerprint density at radius 1 is 1.18 bits per heavy atom. The molecule has 0 atom stereocenters. The minimum Gasteiger partial charge on any atom is -0.317 e. The van der Waals surface area contributed by atoms with Crippen LogP contribution in [-0.4, -0.2) is 28.3 Å². The molecule has 2 heterocycles. The van der Waals surface area contributed by atoms with Crippen molar-refractivity contribution in [2.45, 2.75) is 56.8 Å². The summed E-state index contributed by atoms with van der Waals surface area (Å²) >= 11 is 0. The first-order valence-corrected chi connectivity index (χ1v) is 6.91. The van der Waals surface area contributed by atoms with E-state index in [0.29, 0.717) is 5.92 Å². The number of nitrogens with one attached hydrogen (secondary N) is 2. The Labute approximate surface area is 103 Å². The van der Waals surface area contributed by atoms with Gasteiger partial charge in [0.05, 0.1) is 0 Å². The van der Waals surface area contributed by atoms with Gasteiger partial charge in [-0.1, -0.05) is 19.8 Å². The van der Waals surface area contributed by atoms with Crippen molar-refractivity contribution >= 4 is 0 Å². The summed E-state index contributed by atoms with van der Waals surface area (Å²) in [5.74, 6) is 2.76. The lowest BCUT2D eigenvalue weighted by Crippen LogP contribution is -2.27. The number of piperidine rings is 1. The molecule has 1 aliphatic carbocycles. The molecule has 1 aliphatic heterocycles. The summed E-state index contributed by atoms with van der Waals surface area (Å²) in [6.45, 7) is 4.53. The molecule has 17 heavy (non-hydrogen) atoms. The van der Waals surface area contributed by atoms with Gasteiger partial charge in [0.1, 0.15) is 5.82 Å². The molecule has 3 rings (SSSR count). The summed E-state index contributed by atoms with van der Waals surface area (Å²) in [5, 5.41) is 11.1. The number of aromatic nitrogens is 3. The SMILES string of the molecule is CC1(c2n[nH]c(C3CCNCC3)n2)CCCC1. The molecule has 2 N–H and O–H groups in total. The number of hydrogen-bond donors (Lipinski definition) is 2. The van der Waals surface area contributed by atoms with Crippen LogP contribution < -0.4 is 5.32 Å². The van der Waals surface area contributed by atoms with Gasteiger partial charge < -0.3 is 5.32 Å². The van der Waals surface area contributed by atoms with Crippen LogP contribution in [0.4, 0.5) is 0 Å². The predicted molar refractivity (Wildman–Crippen MR) is 67.0 cm³/mol. The van der Waals surface area contributed by atoms with E-state index >= 15 is 0 Å². The first-order valence-electron chi connectivity index (χ1n) is 6.91. The molecule has 1 aromatic heterocycles. The van der Waals surface area contributed by atoms with Gasteiger partial charge >= 0.3 is 0 Å². The Morgan fingerprint density at radius 3 is 2.59 bits per heavy atom. The van der Waals surface area contributed by atoms with Gasteiger partial charge in [-0.2, -0.15) is 5.10 Å². The van der Waals surface area contributed by atoms with Crippen LogP contribution in [0.5, 0.6) is 0 Å². The van der Waals surface area contributed by atoms with E-state index in [0.717, 1.165) is 24.7 Å². The van der Waals surface area contributed by atoms with Gasteiger partial charge in [0.15, 0.2) is 5.82 Å². The fourth-order valence-electron chi connectivity index (χ4n) is 3.20. The van der Waals surface area contributed by atoms with Crippen LogP contribution in [0.2, 0.25) is 0 Å². The van der Waals surface area contributed by atoms with E-state index in [4.69, 9.17) is 4.98 Å². The van der Waals surface area contributed by atoms with Gasteiger partial charge in [-0.05, 0) is 38.8 Å². The van der Waals surface area contributed by atoms with Gasteiger partial charge in [0.25, 0.3) is 0 Å². The highest BCUT2D eigenvalue weighted by Gasteiger charge is 2.35. The van der Waals surface area contributed by atoms with Crippen molar-refractivity contribution in [3.8, 4) is 0 Å². The fraction of sp³-hybridized carbons (Fsp3) is 0.846. The second-order valence-electron chi connectivity index (χ2n) is 5.84. The first-order chi connectivity index (χ1) is 8.28. The van der Waals surface area contributed by atoms with Crippen molar-refractivity contribution in [1.82, 2.24) is 20.5 Å². The Bertz CT molecular complexity index is 373. The minimum absolute atomic E-state index is 0.238. The second-order valence-corrected chi connectivity index (χ2v) is 5.84. The van der Waals surface area contributed by atoms with E-state index in [1.807, 2.05) is 0 Å². The summed E-state index contributed by atoms with van der Waals surface area (Å²) < 4.78 is 0. The van der Waals surface area contributed by atoms with Crippen LogP contribution in [0.15, 0.2) is 0 Å². The van der Waals surface area contributed by atoms with E-state index < -0.39 is 0 Å². The lowest BCUT2D eigenvalue weighted by Gasteiger charge is -2.21. The van der Waals surface area contributed by atoms with Gasteiger partial charge in [-0.25, -0.2) is 4.98 Å². The Kier molecular flexibility index (Phi) is 2.90. The lowest BCUT2D eigenvalue weighted by atomic mass is 9.88. The maximum absolute atomic E-state index is 4.79. The molecule has 0 spiro atoms. The molecule has 1 saturated carbocycles. The monoisotopic (exact) mass is 234 g/mol. The fourth-order valence-corrected chi connectivity index (χ4v) is 3.20. The molecule has 2 aliphatic rings. The molecule has 0 bridgehead atoms. The van der Waals surface area contributed by atoms with Gasteiger partial charge in [0, 0.05) is 11.3 Å². The van der Waals surface area contributed by atoms with Crippen LogP contribution in [0.3, 0.4) is 0 Å². The average Bonchev–Trinajstić information content (AvgIpc) is 2.99. The number of H-pyrrole nitrogens is 1. The molecule has 4 heteroatoms. The third-order valence-electron chi connectivity index (χ3n) is 4.48. The average molecular weight is 234 g/mol. The maximum Gasteiger partial charge on any atom is 0.156 e. The van der Waals surface area contributed by atoms with Crippen LogP contribution in [0.1, 0.15) is 63.0 Å². The van der Waals surface area contributed by atoms with Crippen molar-refractivity contribution < 1.29 is 0 Å². The third-order valence-corrected chi connectivity index (χ3v) is 4.48. The molecule has 1 saturated heterocycles. The maximum atomic E-state index is 4.79. The zero-order chi connectivity index (χ0) is 11.7. The predicted octanol–water partition coefficient (Wildman–Crippen LogP) is 2.10. The van der Waals surface area contributed by atoms with Gasteiger partial charge in [-0.3, -0.25) is 5.10 Å². The molecule has 0 aromatic carbocycles. The van der Waals surface area contributed by atoms with Crippen LogP contribution >= 0.6 is 0 Å². The molecule has 4 nitrogen and oxygen atoms in total. The van der Waals surface area contributed by atoms with Crippen molar-refractivity contribution in [1.29, 1.82) is 0 Å². The zero-order valence-electron chi connectivity index (χ0n) is 10.6. The minimum atomic E-state index is 0.238. The van der Waals surface area contributed by atoms with Crippen LogP contribution in [-0.2, 0) is 5.41 Å². The molecule has 1 aromatic rings. The van der Waals surface area contributed by atoms with Crippen molar-refractivity contribution in [3.63, 3.8) is 0 Å². The number of aromatic amines is 1. The van der Waals surface area contributed by atoms with Crippen molar-refractivity contribution in [2.75, 3.05) is 13.1 Å². The molecule has 94 valence electrons. The highest BCUT2D eigenvalue weighted by atomic mass is 15.2. The van der Waals surface area contributed by atoms with E-state index in [9.17, 15) is 0 Å². The lowest BCUT2D eigenvalue weighted by molar-refractivity contribution is 0.441. The first kappa shape index (κ1) is 11.2. The van der Waals surface area contributed by atoms with E-state index in [-0.39, 0.29) is 5.41 Å². The van der Waals surface area contributed by atoms with Crippen molar-refractivity contribution in [2.24, 2.45) is 0 Å². The summed E-state index contributed by atoms with van der Waals surface area (Å²) in [7, 11) is 0. The molecule has 0 radical (unpaired) electrons. The van der Waals surface area contributed by atoms with Crippen LogP contribution in [0.25, 0.3) is 0 Å². The quantitative estimate of drug-likeness (QED) is 0.824. The Morgan fingerprint density at radius 2 is 1.88 bits per heavy atom. The second kappa shape index (κ2) is 4.41. The molecule has 0 unspecified atom stereocenters. The summed E-state index contributed by atoms with van der Waals surface area (Å²) in [6, 6.07) is 0. The largest absolute Gasteiger partial charge is 0.317 e.